The van der Waals surface area contributed by atoms with Crippen LogP contribution in [0.5, 0.6) is 0 Å². The van der Waals surface area contributed by atoms with Crippen LogP contribution < -0.4 is 5.73 Å². The van der Waals surface area contributed by atoms with Crippen molar-refractivity contribution in [3.63, 3.8) is 0 Å². The van der Waals surface area contributed by atoms with Crippen molar-refractivity contribution < 1.29 is 9.59 Å². The molecule has 0 aliphatic rings. The number of nitrogens with two attached hydrogens (primary N) is 1. The van der Waals surface area contributed by atoms with Gasteiger partial charge in [-0.3, -0.25) is 4.98 Å². The van der Waals surface area contributed by atoms with E-state index in [1.54, 1.807) is 0 Å². The predicted molar refractivity (Wildman–Crippen MR) is 60.6 cm³/mol. The summed E-state index contributed by atoms with van der Waals surface area (Å²) in [6.07, 6.45) is 0.250. The molecular weight excluding hydrogens is 204 g/mol. The van der Waals surface area contributed by atoms with Crippen molar-refractivity contribution in [1.82, 2.24) is 4.98 Å². The topological polar surface area (TPSA) is 73.0 Å². The highest BCUT2D eigenvalue weighted by molar-refractivity contribution is 5.92. The third kappa shape index (κ3) is 2.43. The lowest BCUT2D eigenvalue weighted by atomic mass is 10.1. The normalized spacial score (nSPS) is 9.12. The number of pyridine rings is 1. The molecule has 16 heavy (non-hydrogen) atoms. The van der Waals surface area contributed by atoms with Crippen molar-refractivity contribution >= 4 is 22.7 Å². The van der Waals surface area contributed by atoms with Crippen LogP contribution in [0.25, 0.3) is 10.9 Å². The van der Waals surface area contributed by atoms with Crippen LogP contribution >= 0.6 is 0 Å². The molecule has 2 aromatic rings. The predicted octanol–water partition coefficient (Wildman–Crippen LogP) is 1.85. The van der Waals surface area contributed by atoms with Crippen molar-refractivity contribution in [3.8, 4) is 0 Å². The quantitative estimate of drug-likeness (QED) is 0.729. The molecule has 4 heteroatoms. The number of hydrogen-bond acceptors (Lipinski definition) is 4. The van der Waals surface area contributed by atoms with E-state index in [4.69, 9.17) is 15.3 Å². The second kappa shape index (κ2) is 5.05. The molecule has 1 aromatic carbocycles. The summed E-state index contributed by atoms with van der Waals surface area (Å²) >= 11 is 0. The van der Waals surface area contributed by atoms with Gasteiger partial charge in [-0.2, -0.15) is 9.59 Å². The van der Waals surface area contributed by atoms with Gasteiger partial charge < -0.3 is 5.73 Å². The number of rotatable bonds is 0. The first-order chi connectivity index (χ1) is 7.60. The van der Waals surface area contributed by atoms with Crippen molar-refractivity contribution in [3.05, 3.63) is 35.5 Å². The number of aromatic nitrogens is 1. The molecule has 0 unspecified atom stereocenters. The third-order valence-electron chi connectivity index (χ3n) is 2.20. The Hall–Kier alpha value is -2.19. The monoisotopic (exact) mass is 216 g/mol. The Morgan fingerprint density at radius 2 is 1.88 bits per heavy atom. The minimum absolute atomic E-state index is 0.250. The van der Waals surface area contributed by atoms with E-state index < -0.39 is 0 Å². The summed E-state index contributed by atoms with van der Waals surface area (Å²) < 4.78 is 0. The molecule has 1 heterocycles. The molecular formula is C12H12N2O2. The molecule has 0 radical (unpaired) electrons. The Labute approximate surface area is 93.1 Å². The number of anilines is 1. The molecule has 0 saturated heterocycles. The van der Waals surface area contributed by atoms with Gasteiger partial charge in [0.15, 0.2) is 0 Å². The molecule has 0 aliphatic carbocycles. The number of hydrogen-bond donors (Lipinski definition) is 1. The smallest absolute Gasteiger partial charge is 0.373 e. The van der Waals surface area contributed by atoms with E-state index in [-0.39, 0.29) is 6.15 Å². The molecule has 1 aromatic heterocycles. The summed E-state index contributed by atoms with van der Waals surface area (Å²) in [4.78, 5) is 20.7. The van der Waals surface area contributed by atoms with Crippen LogP contribution in [0.3, 0.4) is 0 Å². The van der Waals surface area contributed by atoms with Gasteiger partial charge in [0.1, 0.15) is 0 Å². The second-order valence-corrected chi connectivity index (χ2v) is 3.41. The van der Waals surface area contributed by atoms with Gasteiger partial charge in [0.2, 0.25) is 0 Å². The Bertz CT molecular complexity index is 544. The fraction of sp³-hybridized carbons (Fsp3) is 0.167. The molecule has 0 spiro atoms. The van der Waals surface area contributed by atoms with E-state index in [0.29, 0.717) is 0 Å². The molecule has 4 nitrogen and oxygen atoms in total. The van der Waals surface area contributed by atoms with Crippen LogP contribution in [-0.4, -0.2) is 11.1 Å². The van der Waals surface area contributed by atoms with Crippen LogP contribution in [0, 0.1) is 13.8 Å². The Morgan fingerprint density at radius 1 is 1.25 bits per heavy atom. The fourth-order valence-electron chi connectivity index (χ4n) is 1.64. The van der Waals surface area contributed by atoms with Crippen LogP contribution in [0.2, 0.25) is 0 Å². The minimum atomic E-state index is 0.250. The van der Waals surface area contributed by atoms with E-state index >= 15 is 0 Å². The first kappa shape index (κ1) is 11.9. The molecule has 0 saturated carbocycles. The molecule has 0 fully saturated rings. The lowest BCUT2D eigenvalue weighted by molar-refractivity contribution is -0.191. The molecule has 82 valence electrons. The third-order valence-corrected chi connectivity index (χ3v) is 2.20. The highest BCUT2D eigenvalue weighted by Gasteiger charge is 2.02. The van der Waals surface area contributed by atoms with Crippen LogP contribution in [0.15, 0.2) is 24.3 Å². The minimum Gasteiger partial charge on any atom is -0.398 e. The summed E-state index contributed by atoms with van der Waals surface area (Å²) in [6, 6.07) is 7.96. The zero-order valence-electron chi connectivity index (χ0n) is 9.15. The van der Waals surface area contributed by atoms with Crippen LogP contribution in [-0.2, 0) is 9.59 Å². The summed E-state index contributed by atoms with van der Waals surface area (Å²) in [7, 11) is 0. The number of fused-ring (bicyclic) bond motifs is 1. The zero-order valence-corrected chi connectivity index (χ0v) is 9.15. The van der Waals surface area contributed by atoms with Gasteiger partial charge in [-0.25, -0.2) is 0 Å². The van der Waals surface area contributed by atoms with Gasteiger partial charge >= 0.3 is 6.15 Å². The number of nitrogen functional groups attached to an aromatic ring is 1. The lowest BCUT2D eigenvalue weighted by Gasteiger charge is -2.05. The molecule has 0 amide bonds. The van der Waals surface area contributed by atoms with E-state index in [1.807, 2.05) is 25.1 Å². The van der Waals surface area contributed by atoms with Gasteiger partial charge in [-0.05, 0) is 31.5 Å². The summed E-state index contributed by atoms with van der Waals surface area (Å²) in [5.41, 5.74) is 9.87. The number of carbonyl (C=O) groups excluding carboxylic acids is 2. The summed E-state index contributed by atoms with van der Waals surface area (Å²) in [5.74, 6) is 0. The first-order valence-corrected chi connectivity index (χ1v) is 4.72. The maximum absolute atomic E-state index is 8.12. The largest absolute Gasteiger partial charge is 0.398 e. The zero-order chi connectivity index (χ0) is 12.1. The summed E-state index contributed by atoms with van der Waals surface area (Å²) in [6.45, 7) is 4.01. The summed E-state index contributed by atoms with van der Waals surface area (Å²) in [5, 5.41) is 1.08. The Kier molecular flexibility index (Phi) is 3.75. The van der Waals surface area contributed by atoms with E-state index in [1.165, 1.54) is 5.56 Å². The van der Waals surface area contributed by atoms with Gasteiger partial charge in [0, 0.05) is 16.8 Å². The van der Waals surface area contributed by atoms with E-state index in [0.717, 1.165) is 22.3 Å². The fourth-order valence-corrected chi connectivity index (χ4v) is 1.64. The van der Waals surface area contributed by atoms with Gasteiger partial charge in [-0.15, -0.1) is 0 Å². The number of nitrogens with zero attached hydrogens (tertiary/aromatic N) is 1. The highest BCUT2D eigenvalue weighted by atomic mass is 16.2. The van der Waals surface area contributed by atoms with Crippen LogP contribution in [0.1, 0.15) is 11.3 Å². The maximum Gasteiger partial charge on any atom is 0.373 e. The van der Waals surface area contributed by atoms with Crippen LogP contribution in [0.4, 0.5) is 5.69 Å². The van der Waals surface area contributed by atoms with Crippen molar-refractivity contribution in [2.75, 3.05) is 5.73 Å². The molecule has 0 atom stereocenters. The first-order valence-electron chi connectivity index (χ1n) is 4.72. The van der Waals surface area contributed by atoms with Crippen molar-refractivity contribution in [1.29, 1.82) is 0 Å². The molecule has 0 aliphatic heterocycles. The van der Waals surface area contributed by atoms with Crippen molar-refractivity contribution in [2.24, 2.45) is 0 Å². The Morgan fingerprint density at radius 3 is 2.50 bits per heavy atom. The van der Waals surface area contributed by atoms with E-state index in [9.17, 15) is 0 Å². The SMILES string of the molecule is Cc1cc(N)c2c(C)cccc2n1.O=C=O. The molecule has 2 N–H and O–H groups in total. The maximum atomic E-state index is 8.12. The Balaban J connectivity index is 0.000000386. The van der Waals surface area contributed by atoms with E-state index in [2.05, 4.69) is 18.0 Å². The second-order valence-electron chi connectivity index (χ2n) is 3.41. The highest BCUT2D eigenvalue weighted by Crippen LogP contribution is 2.23. The number of benzene rings is 1. The number of aryl methyl sites for hydroxylation is 2. The standard InChI is InChI=1S/C11H12N2.CO2/c1-7-4-3-5-10-11(7)9(12)6-8(2)13-10;2-1-3/h3-6H,1-2H3,(H2,12,13);. The molecule has 0 bridgehead atoms. The average molecular weight is 216 g/mol. The van der Waals surface area contributed by atoms with Crippen molar-refractivity contribution in [2.45, 2.75) is 13.8 Å². The average Bonchev–Trinajstić information content (AvgIpc) is 2.17. The van der Waals surface area contributed by atoms with Gasteiger partial charge in [-0.1, -0.05) is 12.1 Å². The molecule has 2 rings (SSSR count). The lowest BCUT2D eigenvalue weighted by Crippen LogP contribution is -1.93. The van der Waals surface area contributed by atoms with Gasteiger partial charge in [0.25, 0.3) is 0 Å². The van der Waals surface area contributed by atoms with Gasteiger partial charge in [0.05, 0.1) is 5.52 Å².